The molecule has 0 aliphatic carbocycles. The molecule has 7 nitrogen and oxygen atoms in total. The average Bonchev–Trinajstić information content (AvgIpc) is 3.26. The number of para-hydroxylation sites is 2. The molecule has 1 amide bonds. The molecule has 2 aromatic carbocycles. The van der Waals surface area contributed by atoms with Gasteiger partial charge in [-0.05, 0) is 49.4 Å². The highest BCUT2D eigenvalue weighted by atomic mass is 16.5. The summed E-state index contributed by atoms with van der Waals surface area (Å²) in [5, 5.41) is 4.07. The Bertz CT molecular complexity index is 1030. The van der Waals surface area contributed by atoms with Crippen molar-refractivity contribution in [2.24, 2.45) is 5.92 Å². The minimum absolute atomic E-state index is 0.00165. The van der Waals surface area contributed by atoms with Gasteiger partial charge in [0.2, 0.25) is 5.82 Å². The van der Waals surface area contributed by atoms with Gasteiger partial charge in [0, 0.05) is 13.1 Å². The van der Waals surface area contributed by atoms with Crippen molar-refractivity contribution in [2.45, 2.75) is 33.3 Å². The molecule has 1 saturated heterocycles. The van der Waals surface area contributed by atoms with Gasteiger partial charge in [-0.1, -0.05) is 42.4 Å². The van der Waals surface area contributed by atoms with E-state index in [1.807, 2.05) is 54.3 Å². The fourth-order valence-electron chi connectivity index (χ4n) is 3.70. The van der Waals surface area contributed by atoms with E-state index in [1.165, 1.54) is 6.42 Å². The maximum atomic E-state index is 12.6. The number of hydrogen-bond acceptors (Lipinski definition) is 6. The van der Waals surface area contributed by atoms with Gasteiger partial charge in [-0.25, -0.2) is 0 Å². The number of ether oxygens (including phenoxy) is 2. The number of carbonyl (C=O) groups is 1. The zero-order valence-corrected chi connectivity index (χ0v) is 17.9. The minimum atomic E-state index is -0.00909. The third kappa shape index (κ3) is 5.23. The van der Waals surface area contributed by atoms with E-state index in [4.69, 9.17) is 14.0 Å². The lowest BCUT2D eigenvalue weighted by atomic mass is 10.0. The molecule has 1 atom stereocenters. The first-order valence-corrected chi connectivity index (χ1v) is 10.6. The van der Waals surface area contributed by atoms with Crippen LogP contribution in [-0.4, -0.2) is 40.6 Å². The molecule has 0 N–H and O–H groups in total. The van der Waals surface area contributed by atoms with Crippen molar-refractivity contribution < 1.29 is 18.8 Å². The zero-order chi connectivity index (χ0) is 21.6. The van der Waals surface area contributed by atoms with E-state index >= 15 is 0 Å². The van der Waals surface area contributed by atoms with Crippen LogP contribution in [0, 0.1) is 12.8 Å². The first kappa shape index (κ1) is 20.9. The van der Waals surface area contributed by atoms with E-state index < -0.39 is 0 Å². The summed E-state index contributed by atoms with van der Waals surface area (Å²) in [4.78, 5) is 18.9. The molecule has 1 aliphatic heterocycles. The van der Waals surface area contributed by atoms with E-state index in [1.54, 1.807) is 6.07 Å². The molecule has 1 fully saturated rings. The Morgan fingerprint density at radius 1 is 1.13 bits per heavy atom. The number of rotatable bonds is 7. The highest BCUT2D eigenvalue weighted by Crippen LogP contribution is 2.28. The standard InChI is InChI=1S/C24H27N3O4/c1-17-8-7-13-27(14-17)23(28)16-30-21-12-6-4-10-19(21)24-25-22(31-26-24)15-29-20-11-5-3-9-18(20)2/h3-6,9-12,17H,7-8,13-16H2,1-2H3. The van der Waals surface area contributed by atoms with Crippen LogP contribution < -0.4 is 9.47 Å². The topological polar surface area (TPSA) is 77.7 Å². The predicted octanol–water partition coefficient (Wildman–Crippen LogP) is 4.26. The van der Waals surface area contributed by atoms with Crippen LogP contribution >= 0.6 is 0 Å². The van der Waals surface area contributed by atoms with Crippen molar-refractivity contribution in [1.29, 1.82) is 0 Å². The van der Waals surface area contributed by atoms with Gasteiger partial charge in [-0.15, -0.1) is 0 Å². The molecule has 162 valence electrons. The number of carbonyl (C=O) groups excluding carboxylic acids is 1. The molecular formula is C24H27N3O4. The Hall–Kier alpha value is -3.35. The molecule has 0 bridgehead atoms. The molecule has 1 aromatic heterocycles. The number of amides is 1. The second kappa shape index (κ2) is 9.64. The molecular weight excluding hydrogens is 394 g/mol. The summed E-state index contributed by atoms with van der Waals surface area (Å²) >= 11 is 0. The number of aromatic nitrogens is 2. The third-order valence-corrected chi connectivity index (χ3v) is 5.40. The molecule has 7 heteroatoms. The molecule has 2 heterocycles. The molecule has 0 spiro atoms. The van der Waals surface area contributed by atoms with E-state index in [9.17, 15) is 4.79 Å². The van der Waals surface area contributed by atoms with Gasteiger partial charge in [-0.2, -0.15) is 4.98 Å². The van der Waals surface area contributed by atoms with Crippen molar-refractivity contribution in [3.05, 3.63) is 60.0 Å². The fourth-order valence-corrected chi connectivity index (χ4v) is 3.70. The predicted molar refractivity (Wildman–Crippen MR) is 116 cm³/mol. The number of piperidine rings is 1. The molecule has 1 unspecified atom stereocenters. The van der Waals surface area contributed by atoms with Gasteiger partial charge in [0.1, 0.15) is 11.5 Å². The van der Waals surface area contributed by atoms with Crippen molar-refractivity contribution >= 4 is 5.91 Å². The Morgan fingerprint density at radius 3 is 2.71 bits per heavy atom. The monoisotopic (exact) mass is 421 g/mol. The van der Waals surface area contributed by atoms with Crippen LogP contribution in [0.2, 0.25) is 0 Å². The number of hydrogen-bond donors (Lipinski definition) is 0. The van der Waals surface area contributed by atoms with Gasteiger partial charge in [0.25, 0.3) is 11.8 Å². The Labute approximate surface area is 182 Å². The number of likely N-dealkylation sites (tertiary alicyclic amines) is 1. The average molecular weight is 421 g/mol. The van der Waals surface area contributed by atoms with Gasteiger partial charge in [0.15, 0.2) is 13.2 Å². The summed E-state index contributed by atoms with van der Waals surface area (Å²) in [5.74, 6) is 2.63. The van der Waals surface area contributed by atoms with Gasteiger partial charge >= 0.3 is 0 Å². The lowest BCUT2D eigenvalue weighted by Gasteiger charge is -2.30. The number of nitrogens with zero attached hydrogens (tertiary/aromatic N) is 3. The van der Waals surface area contributed by atoms with Crippen LogP contribution in [-0.2, 0) is 11.4 Å². The van der Waals surface area contributed by atoms with Crippen LogP contribution in [0.15, 0.2) is 53.1 Å². The summed E-state index contributed by atoms with van der Waals surface area (Å²) < 4.78 is 17.0. The summed E-state index contributed by atoms with van der Waals surface area (Å²) in [5.41, 5.74) is 1.71. The molecule has 1 aliphatic rings. The van der Waals surface area contributed by atoms with Gasteiger partial charge in [0.05, 0.1) is 5.56 Å². The van der Waals surface area contributed by atoms with Crippen LogP contribution in [0.25, 0.3) is 11.4 Å². The largest absolute Gasteiger partial charge is 0.483 e. The van der Waals surface area contributed by atoms with Crippen LogP contribution in [0.5, 0.6) is 11.5 Å². The van der Waals surface area contributed by atoms with Crippen LogP contribution in [0.4, 0.5) is 0 Å². The molecule has 0 saturated carbocycles. The zero-order valence-electron chi connectivity index (χ0n) is 17.9. The second-order valence-corrected chi connectivity index (χ2v) is 7.94. The number of aryl methyl sites for hydroxylation is 1. The lowest BCUT2D eigenvalue weighted by molar-refractivity contribution is -0.135. The quantitative estimate of drug-likeness (QED) is 0.567. The first-order valence-electron chi connectivity index (χ1n) is 10.6. The summed E-state index contributed by atoms with van der Waals surface area (Å²) in [6.07, 6.45) is 2.21. The minimum Gasteiger partial charge on any atom is -0.483 e. The highest BCUT2D eigenvalue weighted by Gasteiger charge is 2.22. The normalized spacial score (nSPS) is 16.2. The molecule has 0 radical (unpaired) electrons. The van der Waals surface area contributed by atoms with Gasteiger partial charge < -0.3 is 18.9 Å². The fraction of sp³-hybridized carbons (Fsp3) is 0.375. The summed E-state index contributed by atoms with van der Waals surface area (Å²) in [7, 11) is 0. The molecule has 31 heavy (non-hydrogen) atoms. The van der Waals surface area contributed by atoms with Crippen LogP contribution in [0.1, 0.15) is 31.2 Å². The van der Waals surface area contributed by atoms with Crippen molar-refractivity contribution in [3.8, 4) is 22.9 Å². The Morgan fingerprint density at radius 2 is 1.90 bits per heavy atom. The Balaban J connectivity index is 1.40. The van der Waals surface area contributed by atoms with Gasteiger partial charge in [-0.3, -0.25) is 4.79 Å². The summed E-state index contributed by atoms with van der Waals surface area (Å²) in [6, 6.07) is 15.1. The van der Waals surface area contributed by atoms with Crippen molar-refractivity contribution in [3.63, 3.8) is 0 Å². The van der Waals surface area contributed by atoms with E-state index in [-0.39, 0.29) is 19.1 Å². The molecule has 3 aromatic rings. The summed E-state index contributed by atoms with van der Waals surface area (Å²) in [6.45, 7) is 5.90. The van der Waals surface area contributed by atoms with E-state index in [0.717, 1.165) is 30.8 Å². The molecule has 4 rings (SSSR count). The Kier molecular flexibility index (Phi) is 6.50. The smallest absolute Gasteiger partial charge is 0.264 e. The van der Waals surface area contributed by atoms with E-state index in [2.05, 4.69) is 17.1 Å². The highest BCUT2D eigenvalue weighted by molar-refractivity contribution is 5.78. The maximum absolute atomic E-state index is 12.6. The second-order valence-electron chi connectivity index (χ2n) is 7.94. The number of benzene rings is 2. The SMILES string of the molecule is Cc1ccccc1OCc1nc(-c2ccccc2OCC(=O)N2CCCC(C)C2)no1. The van der Waals surface area contributed by atoms with Crippen LogP contribution in [0.3, 0.4) is 0 Å². The maximum Gasteiger partial charge on any atom is 0.264 e. The first-order chi connectivity index (χ1) is 15.1. The third-order valence-electron chi connectivity index (χ3n) is 5.40. The van der Waals surface area contributed by atoms with Crippen molar-refractivity contribution in [1.82, 2.24) is 15.0 Å². The van der Waals surface area contributed by atoms with E-state index in [0.29, 0.717) is 28.9 Å². The van der Waals surface area contributed by atoms with Crippen molar-refractivity contribution in [2.75, 3.05) is 19.7 Å². The lowest BCUT2D eigenvalue weighted by Crippen LogP contribution is -2.41.